The van der Waals surface area contributed by atoms with E-state index in [4.69, 9.17) is 4.74 Å². The van der Waals surface area contributed by atoms with Crippen molar-refractivity contribution in [1.82, 2.24) is 5.32 Å². The van der Waals surface area contributed by atoms with Gasteiger partial charge in [-0.15, -0.1) is 0 Å². The minimum atomic E-state index is 0.866. The molecule has 1 aromatic carbocycles. The molecule has 0 spiro atoms. The molecule has 1 N–H and O–H groups in total. The summed E-state index contributed by atoms with van der Waals surface area (Å²) in [5, 5.41) is 3.43. The Labute approximate surface area is 97.0 Å². The normalized spacial score (nSPS) is 23.1. The summed E-state index contributed by atoms with van der Waals surface area (Å²) in [7, 11) is 0. The van der Waals surface area contributed by atoms with Gasteiger partial charge in [-0.2, -0.15) is 0 Å². The standard InChI is InChI=1S/C14H19NO/c1(2-12-5-7-15-10-12)11-3-4-14-13(9-11)6-8-16-14/h3-4,9,12,15H,1-2,5-8,10H2. The Morgan fingerprint density at radius 3 is 3.25 bits per heavy atom. The van der Waals surface area contributed by atoms with Crippen LogP contribution in [0.4, 0.5) is 0 Å². The van der Waals surface area contributed by atoms with Gasteiger partial charge in [0.25, 0.3) is 0 Å². The van der Waals surface area contributed by atoms with Gasteiger partial charge in [0.2, 0.25) is 0 Å². The van der Waals surface area contributed by atoms with E-state index in [1.807, 2.05) is 0 Å². The molecule has 0 radical (unpaired) electrons. The summed E-state index contributed by atoms with van der Waals surface area (Å²) < 4.78 is 5.52. The van der Waals surface area contributed by atoms with E-state index in [0.29, 0.717) is 0 Å². The van der Waals surface area contributed by atoms with Gasteiger partial charge < -0.3 is 10.1 Å². The molecule has 1 fully saturated rings. The maximum absolute atomic E-state index is 5.52. The van der Waals surface area contributed by atoms with Crippen molar-refractivity contribution in [3.8, 4) is 5.75 Å². The zero-order chi connectivity index (χ0) is 10.8. The highest BCUT2D eigenvalue weighted by atomic mass is 16.5. The Hall–Kier alpha value is -1.02. The number of ether oxygens (including phenoxy) is 1. The molecule has 2 aliphatic rings. The van der Waals surface area contributed by atoms with E-state index in [9.17, 15) is 0 Å². The maximum atomic E-state index is 5.52. The Morgan fingerprint density at radius 1 is 1.38 bits per heavy atom. The molecule has 2 heterocycles. The first-order valence-corrected chi connectivity index (χ1v) is 6.37. The van der Waals surface area contributed by atoms with Crippen molar-refractivity contribution in [3.05, 3.63) is 29.3 Å². The minimum Gasteiger partial charge on any atom is -0.493 e. The lowest BCUT2D eigenvalue weighted by Gasteiger charge is -2.08. The Balaban J connectivity index is 1.61. The summed E-state index contributed by atoms with van der Waals surface area (Å²) in [6.07, 6.45) is 4.99. The molecule has 16 heavy (non-hydrogen) atoms. The molecule has 1 aromatic rings. The molecule has 0 bridgehead atoms. The lowest BCUT2D eigenvalue weighted by atomic mass is 9.97. The molecule has 0 amide bonds. The molecule has 2 nitrogen and oxygen atoms in total. The van der Waals surface area contributed by atoms with Crippen LogP contribution in [0, 0.1) is 5.92 Å². The van der Waals surface area contributed by atoms with Crippen molar-refractivity contribution in [1.29, 1.82) is 0 Å². The van der Waals surface area contributed by atoms with E-state index in [2.05, 4.69) is 23.5 Å². The van der Waals surface area contributed by atoms with Gasteiger partial charge in [-0.1, -0.05) is 12.1 Å². The van der Waals surface area contributed by atoms with Crippen molar-refractivity contribution >= 4 is 0 Å². The highest BCUT2D eigenvalue weighted by Crippen LogP contribution is 2.27. The van der Waals surface area contributed by atoms with E-state index in [1.54, 1.807) is 0 Å². The summed E-state index contributed by atoms with van der Waals surface area (Å²) in [5.41, 5.74) is 2.89. The van der Waals surface area contributed by atoms with Gasteiger partial charge in [-0.25, -0.2) is 0 Å². The van der Waals surface area contributed by atoms with E-state index in [0.717, 1.165) is 24.7 Å². The molecule has 86 valence electrons. The van der Waals surface area contributed by atoms with Crippen molar-refractivity contribution in [2.24, 2.45) is 5.92 Å². The average molecular weight is 217 g/mol. The number of rotatable bonds is 3. The predicted molar refractivity (Wildman–Crippen MR) is 64.9 cm³/mol. The maximum Gasteiger partial charge on any atom is 0.122 e. The van der Waals surface area contributed by atoms with E-state index >= 15 is 0 Å². The lowest BCUT2D eigenvalue weighted by molar-refractivity contribution is 0.357. The summed E-state index contributed by atoms with van der Waals surface area (Å²) in [4.78, 5) is 0. The SMILES string of the molecule is c1cc2c(cc1CCC1CCNC1)CCO2. The number of benzene rings is 1. The van der Waals surface area contributed by atoms with E-state index < -0.39 is 0 Å². The van der Waals surface area contributed by atoms with Crippen LogP contribution in [0.15, 0.2) is 18.2 Å². The van der Waals surface area contributed by atoms with Crippen LogP contribution in [-0.4, -0.2) is 19.7 Å². The average Bonchev–Trinajstić information content (AvgIpc) is 2.97. The van der Waals surface area contributed by atoms with Crippen molar-refractivity contribution in [2.75, 3.05) is 19.7 Å². The molecule has 0 aliphatic carbocycles. The topological polar surface area (TPSA) is 21.3 Å². The van der Waals surface area contributed by atoms with Crippen molar-refractivity contribution < 1.29 is 4.74 Å². The largest absolute Gasteiger partial charge is 0.493 e. The quantitative estimate of drug-likeness (QED) is 0.837. The predicted octanol–water partition coefficient (Wildman–Crippen LogP) is 2.16. The molecule has 1 unspecified atom stereocenters. The third kappa shape index (κ3) is 2.07. The van der Waals surface area contributed by atoms with Gasteiger partial charge in [-0.05, 0) is 55.5 Å². The fraction of sp³-hybridized carbons (Fsp3) is 0.571. The van der Waals surface area contributed by atoms with Gasteiger partial charge in [0, 0.05) is 6.42 Å². The smallest absolute Gasteiger partial charge is 0.122 e. The van der Waals surface area contributed by atoms with Crippen LogP contribution in [0.1, 0.15) is 24.0 Å². The van der Waals surface area contributed by atoms with Gasteiger partial charge in [0.15, 0.2) is 0 Å². The Morgan fingerprint density at radius 2 is 2.38 bits per heavy atom. The monoisotopic (exact) mass is 217 g/mol. The van der Waals surface area contributed by atoms with Crippen molar-refractivity contribution in [3.63, 3.8) is 0 Å². The number of fused-ring (bicyclic) bond motifs is 1. The number of hydrogen-bond acceptors (Lipinski definition) is 2. The molecule has 2 heteroatoms. The van der Waals surface area contributed by atoms with Gasteiger partial charge in [-0.3, -0.25) is 0 Å². The lowest BCUT2D eigenvalue weighted by Crippen LogP contribution is -2.09. The van der Waals surface area contributed by atoms with Crippen LogP contribution in [0.2, 0.25) is 0 Å². The Bertz CT molecular complexity index is 369. The highest BCUT2D eigenvalue weighted by molar-refractivity contribution is 5.39. The van der Waals surface area contributed by atoms with Crippen molar-refractivity contribution in [2.45, 2.75) is 25.7 Å². The fourth-order valence-corrected chi connectivity index (χ4v) is 2.73. The molecule has 1 atom stereocenters. The number of nitrogens with one attached hydrogen (secondary N) is 1. The van der Waals surface area contributed by atoms with Crippen LogP contribution in [0.5, 0.6) is 5.75 Å². The summed E-state index contributed by atoms with van der Waals surface area (Å²) in [6, 6.07) is 6.71. The summed E-state index contributed by atoms with van der Waals surface area (Å²) in [5.74, 6) is 2.00. The zero-order valence-electron chi connectivity index (χ0n) is 9.67. The Kier molecular flexibility index (Phi) is 2.83. The molecular formula is C14H19NO. The van der Waals surface area contributed by atoms with Crippen LogP contribution in [-0.2, 0) is 12.8 Å². The fourth-order valence-electron chi connectivity index (χ4n) is 2.73. The van der Waals surface area contributed by atoms with Crippen LogP contribution >= 0.6 is 0 Å². The third-order valence-electron chi connectivity index (χ3n) is 3.76. The molecule has 1 saturated heterocycles. The highest BCUT2D eigenvalue weighted by Gasteiger charge is 2.15. The molecule has 0 aromatic heterocycles. The van der Waals surface area contributed by atoms with E-state index in [1.165, 1.54) is 43.5 Å². The summed E-state index contributed by atoms with van der Waals surface area (Å²) in [6.45, 7) is 3.29. The van der Waals surface area contributed by atoms with Gasteiger partial charge in [0.05, 0.1) is 6.61 Å². The first kappa shape index (κ1) is 10.2. The summed E-state index contributed by atoms with van der Waals surface area (Å²) >= 11 is 0. The van der Waals surface area contributed by atoms with E-state index in [-0.39, 0.29) is 0 Å². The third-order valence-corrected chi connectivity index (χ3v) is 3.76. The number of aryl methyl sites for hydroxylation is 1. The van der Waals surface area contributed by atoms with Crippen LogP contribution in [0.3, 0.4) is 0 Å². The molecule has 0 saturated carbocycles. The molecule has 3 rings (SSSR count). The second-order valence-electron chi connectivity index (χ2n) is 4.94. The van der Waals surface area contributed by atoms with Gasteiger partial charge >= 0.3 is 0 Å². The van der Waals surface area contributed by atoms with Crippen LogP contribution in [0.25, 0.3) is 0 Å². The zero-order valence-corrected chi connectivity index (χ0v) is 9.67. The second-order valence-corrected chi connectivity index (χ2v) is 4.94. The number of hydrogen-bond donors (Lipinski definition) is 1. The molecular weight excluding hydrogens is 198 g/mol. The van der Waals surface area contributed by atoms with Gasteiger partial charge in [0.1, 0.15) is 5.75 Å². The molecule has 2 aliphatic heterocycles. The first-order valence-electron chi connectivity index (χ1n) is 6.37. The van der Waals surface area contributed by atoms with Crippen LogP contribution < -0.4 is 10.1 Å². The minimum absolute atomic E-state index is 0.866. The second kappa shape index (κ2) is 4.46. The first-order chi connectivity index (χ1) is 7.92.